The van der Waals surface area contributed by atoms with Crippen molar-refractivity contribution < 1.29 is 19.4 Å². The number of ether oxygens (including phenoxy) is 1. The molecule has 200 valence electrons. The first-order valence-corrected chi connectivity index (χ1v) is 13.2. The van der Waals surface area contributed by atoms with E-state index < -0.39 is 24.5 Å². The Morgan fingerprint density at radius 3 is 2.39 bits per heavy atom. The molecule has 4 atom stereocenters. The monoisotopic (exact) mass is 516 g/mol. The number of aliphatic hydroxyl groups excluding tert-OH is 1. The minimum absolute atomic E-state index is 0.231. The van der Waals surface area contributed by atoms with Crippen molar-refractivity contribution in [3.05, 3.63) is 90.3 Å². The van der Waals surface area contributed by atoms with Crippen LogP contribution in [0.1, 0.15) is 31.0 Å². The molecule has 1 saturated heterocycles. The molecule has 2 aromatic carbocycles. The zero-order valence-electron chi connectivity index (χ0n) is 21.7. The van der Waals surface area contributed by atoms with Crippen LogP contribution >= 0.6 is 0 Å². The standard InChI is InChI=1S/C30H36N4O4/c1-2-8-25(28(35)32-20-17-24-11-6-7-18-31-24)34-30(37)27-26(38-27)29(36)33-19-16-21-12-14-23(15-13-21)22-9-4-3-5-10-22/h3-7,9-15,18,25-27,29,33,36H,2,8,16-17,19-20H2,1H3,(H,32,35)(H,34,37)/t25-,26+,27+,29?/m0/s1. The summed E-state index contributed by atoms with van der Waals surface area (Å²) in [5, 5.41) is 19.1. The van der Waals surface area contributed by atoms with Gasteiger partial charge in [-0.1, -0.05) is 74.0 Å². The lowest BCUT2D eigenvalue weighted by Crippen LogP contribution is -2.49. The molecule has 2 amide bonds. The molecule has 1 aliphatic rings. The second-order valence-electron chi connectivity index (χ2n) is 9.45. The number of pyridine rings is 1. The summed E-state index contributed by atoms with van der Waals surface area (Å²) in [4.78, 5) is 29.6. The largest absolute Gasteiger partial charge is 0.376 e. The van der Waals surface area contributed by atoms with E-state index in [1.54, 1.807) is 6.20 Å². The Hall–Kier alpha value is -3.59. The van der Waals surface area contributed by atoms with E-state index in [-0.39, 0.29) is 11.8 Å². The molecule has 1 aromatic heterocycles. The lowest BCUT2D eigenvalue weighted by Gasteiger charge is -2.17. The third-order valence-corrected chi connectivity index (χ3v) is 6.54. The Morgan fingerprint density at radius 1 is 0.947 bits per heavy atom. The van der Waals surface area contributed by atoms with Crippen LogP contribution < -0.4 is 16.0 Å². The maximum Gasteiger partial charge on any atom is 0.252 e. The maximum absolute atomic E-state index is 12.7. The summed E-state index contributed by atoms with van der Waals surface area (Å²) in [6.45, 7) is 2.93. The van der Waals surface area contributed by atoms with Crippen LogP contribution in [0, 0.1) is 0 Å². The molecule has 0 bridgehead atoms. The number of nitrogens with zero attached hydrogens (tertiary/aromatic N) is 1. The summed E-state index contributed by atoms with van der Waals surface area (Å²) in [5.74, 6) is -0.615. The van der Waals surface area contributed by atoms with Crippen molar-refractivity contribution in [3.63, 3.8) is 0 Å². The summed E-state index contributed by atoms with van der Waals surface area (Å²) in [6.07, 6.45) is 1.94. The molecule has 0 spiro atoms. The van der Waals surface area contributed by atoms with E-state index in [2.05, 4.69) is 57.3 Å². The zero-order chi connectivity index (χ0) is 26.7. The topological polar surface area (TPSA) is 116 Å². The minimum atomic E-state index is -0.967. The van der Waals surface area contributed by atoms with Gasteiger partial charge in [0.2, 0.25) is 5.91 Å². The van der Waals surface area contributed by atoms with Crippen molar-refractivity contribution in [3.8, 4) is 11.1 Å². The highest BCUT2D eigenvalue weighted by atomic mass is 16.6. The molecule has 3 aromatic rings. The number of aliphatic hydroxyl groups is 1. The zero-order valence-corrected chi connectivity index (χ0v) is 21.7. The molecule has 1 aliphatic heterocycles. The average Bonchev–Trinajstić information content (AvgIpc) is 3.76. The van der Waals surface area contributed by atoms with Gasteiger partial charge in [-0.2, -0.15) is 0 Å². The predicted octanol–water partition coefficient (Wildman–Crippen LogP) is 2.61. The summed E-state index contributed by atoms with van der Waals surface area (Å²) >= 11 is 0. The Bertz CT molecular complexity index is 1160. The van der Waals surface area contributed by atoms with E-state index in [1.165, 1.54) is 5.56 Å². The van der Waals surface area contributed by atoms with Gasteiger partial charge in [-0.3, -0.25) is 19.9 Å². The van der Waals surface area contributed by atoms with Crippen LogP contribution in [0.2, 0.25) is 0 Å². The lowest BCUT2D eigenvalue weighted by atomic mass is 10.0. The average molecular weight is 517 g/mol. The fraction of sp³-hybridized carbons (Fsp3) is 0.367. The van der Waals surface area contributed by atoms with Crippen LogP contribution in [-0.4, -0.2) is 59.5 Å². The van der Waals surface area contributed by atoms with Gasteiger partial charge in [-0.15, -0.1) is 0 Å². The number of hydrogen-bond acceptors (Lipinski definition) is 6. The molecule has 0 aliphatic carbocycles. The molecule has 1 fully saturated rings. The highest BCUT2D eigenvalue weighted by molar-refractivity contribution is 5.90. The van der Waals surface area contributed by atoms with Gasteiger partial charge in [0.25, 0.3) is 5.91 Å². The molecule has 0 saturated carbocycles. The number of aromatic nitrogens is 1. The Kier molecular flexibility index (Phi) is 9.97. The normalized spacial score (nSPS) is 17.8. The number of nitrogens with one attached hydrogen (secondary N) is 3. The molecule has 8 nitrogen and oxygen atoms in total. The van der Waals surface area contributed by atoms with Crippen LogP contribution in [0.5, 0.6) is 0 Å². The van der Waals surface area contributed by atoms with E-state index in [9.17, 15) is 14.7 Å². The summed E-state index contributed by atoms with van der Waals surface area (Å²) < 4.78 is 5.44. The second-order valence-corrected chi connectivity index (χ2v) is 9.45. The van der Waals surface area contributed by atoms with Crippen LogP contribution in [0.4, 0.5) is 0 Å². The number of hydrogen-bond donors (Lipinski definition) is 4. The summed E-state index contributed by atoms with van der Waals surface area (Å²) in [6, 6.07) is 23.5. The van der Waals surface area contributed by atoms with Crippen molar-refractivity contribution >= 4 is 11.8 Å². The van der Waals surface area contributed by atoms with Crippen LogP contribution in [0.3, 0.4) is 0 Å². The third-order valence-electron chi connectivity index (χ3n) is 6.54. The first kappa shape index (κ1) is 27.4. The molecule has 1 unspecified atom stereocenters. The fourth-order valence-corrected chi connectivity index (χ4v) is 4.34. The van der Waals surface area contributed by atoms with Crippen molar-refractivity contribution in [2.24, 2.45) is 0 Å². The van der Waals surface area contributed by atoms with Gasteiger partial charge in [0.05, 0.1) is 0 Å². The molecule has 4 rings (SSSR count). The van der Waals surface area contributed by atoms with Crippen LogP contribution in [0.25, 0.3) is 11.1 Å². The van der Waals surface area contributed by atoms with Crippen LogP contribution in [-0.2, 0) is 27.2 Å². The molecule has 2 heterocycles. The number of carbonyl (C=O) groups excluding carboxylic acids is 2. The lowest BCUT2D eigenvalue weighted by molar-refractivity contribution is -0.129. The molecule has 4 N–H and O–H groups in total. The molecular weight excluding hydrogens is 480 g/mol. The summed E-state index contributed by atoms with van der Waals surface area (Å²) in [5.41, 5.74) is 4.37. The van der Waals surface area contributed by atoms with Crippen molar-refractivity contribution in [2.75, 3.05) is 13.1 Å². The molecule has 8 heteroatoms. The molecule has 0 radical (unpaired) electrons. The SMILES string of the molecule is CCC[C@H](NC(=O)[C@@H]1O[C@H]1C(O)NCCc1ccc(-c2ccccc2)cc1)C(=O)NCCc1ccccn1. The molecule has 38 heavy (non-hydrogen) atoms. The number of benzene rings is 2. The Balaban J connectivity index is 1.17. The van der Waals surface area contributed by atoms with Gasteiger partial charge in [-0.05, 0) is 41.7 Å². The summed E-state index contributed by atoms with van der Waals surface area (Å²) in [7, 11) is 0. The Labute approximate surface area is 223 Å². The molecular formula is C30H36N4O4. The van der Waals surface area contributed by atoms with Gasteiger partial charge in [0.1, 0.15) is 18.4 Å². The highest BCUT2D eigenvalue weighted by Gasteiger charge is 2.50. The fourth-order valence-electron chi connectivity index (χ4n) is 4.34. The van der Waals surface area contributed by atoms with E-state index in [4.69, 9.17) is 4.74 Å². The van der Waals surface area contributed by atoms with Gasteiger partial charge in [0.15, 0.2) is 6.10 Å². The van der Waals surface area contributed by atoms with Gasteiger partial charge >= 0.3 is 0 Å². The van der Waals surface area contributed by atoms with E-state index in [0.717, 1.165) is 29.7 Å². The van der Waals surface area contributed by atoms with Crippen molar-refractivity contribution in [2.45, 2.75) is 57.1 Å². The predicted molar refractivity (Wildman–Crippen MR) is 146 cm³/mol. The number of amides is 2. The maximum atomic E-state index is 12.7. The first-order chi connectivity index (χ1) is 18.5. The smallest absolute Gasteiger partial charge is 0.252 e. The number of carbonyl (C=O) groups is 2. The van der Waals surface area contributed by atoms with E-state index >= 15 is 0 Å². The first-order valence-electron chi connectivity index (χ1n) is 13.2. The van der Waals surface area contributed by atoms with Gasteiger partial charge in [0, 0.05) is 31.4 Å². The van der Waals surface area contributed by atoms with E-state index in [0.29, 0.717) is 25.9 Å². The Morgan fingerprint density at radius 2 is 1.68 bits per heavy atom. The second kappa shape index (κ2) is 13.8. The van der Waals surface area contributed by atoms with Crippen molar-refractivity contribution in [1.29, 1.82) is 0 Å². The van der Waals surface area contributed by atoms with Crippen LogP contribution in [0.15, 0.2) is 79.0 Å². The number of rotatable bonds is 14. The number of epoxide rings is 1. The third kappa shape index (κ3) is 7.95. The highest BCUT2D eigenvalue weighted by Crippen LogP contribution is 2.25. The minimum Gasteiger partial charge on any atom is -0.376 e. The van der Waals surface area contributed by atoms with Crippen molar-refractivity contribution in [1.82, 2.24) is 20.9 Å². The van der Waals surface area contributed by atoms with Gasteiger partial charge in [-0.25, -0.2) is 0 Å². The quantitative estimate of drug-likeness (QED) is 0.193. The van der Waals surface area contributed by atoms with Gasteiger partial charge < -0.3 is 20.5 Å². The van der Waals surface area contributed by atoms with E-state index in [1.807, 2.05) is 43.3 Å².